The summed E-state index contributed by atoms with van der Waals surface area (Å²) in [7, 11) is 1.69. The van der Waals surface area contributed by atoms with Gasteiger partial charge < -0.3 is 9.64 Å². The van der Waals surface area contributed by atoms with E-state index in [0.717, 1.165) is 11.1 Å². The Kier molecular flexibility index (Phi) is 7.10. The molecule has 0 fully saturated rings. The van der Waals surface area contributed by atoms with Gasteiger partial charge in [0.2, 0.25) is 0 Å². The van der Waals surface area contributed by atoms with Crippen molar-refractivity contribution < 1.29 is 14.3 Å². The molecule has 0 unspecified atom stereocenters. The van der Waals surface area contributed by atoms with Crippen LogP contribution in [-0.2, 0) is 20.9 Å². The molecule has 0 aliphatic rings. The number of benzene rings is 2. The summed E-state index contributed by atoms with van der Waals surface area (Å²) < 4.78 is 6.75. The second-order valence-corrected chi connectivity index (χ2v) is 6.86. The lowest BCUT2D eigenvalue weighted by Crippen LogP contribution is -2.33. The van der Waals surface area contributed by atoms with Crippen molar-refractivity contribution in [2.45, 2.75) is 19.5 Å². The van der Waals surface area contributed by atoms with Crippen molar-refractivity contribution in [2.24, 2.45) is 0 Å². The van der Waals surface area contributed by atoms with E-state index < -0.39 is 5.97 Å². The molecule has 0 N–H and O–H groups in total. The third-order valence-corrected chi connectivity index (χ3v) is 4.73. The van der Waals surface area contributed by atoms with Crippen molar-refractivity contribution in [3.05, 3.63) is 89.8 Å². The van der Waals surface area contributed by atoms with Crippen molar-refractivity contribution in [3.8, 4) is 0 Å². The molecule has 2 aromatic carbocycles. The molecule has 0 aliphatic carbocycles. The molecule has 30 heavy (non-hydrogen) atoms. The number of amides is 1. The van der Waals surface area contributed by atoms with Crippen LogP contribution in [0.2, 0.25) is 0 Å². The molecule has 1 atom stereocenters. The molecule has 0 saturated heterocycles. The Hall–Kier alpha value is -3.74. The molecule has 3 aromatic rings. The Balaban J connectivity index is 1.47. The first-order valence-electron chi connectivity index (χ1n) is 9.62. The van der Waals surface area contributed by atoms with Gasteiger partial charge in [0.05, 0.1) is 18.8 Å². The molecule has 0 bridgehead atoms. The molecule has 154 valence electrons. The summed E-state index contributed by atoms with van der Waals surface area (Å²) in [6.45, 7) is 2.19. The molecule has 1 amide bonds. The Morgan fingerprint density at radius 1 is 1.10 bits per heavy atom. The monoisotopic (exact) mass is 404 g/mol. The van der Waals surface area contributed by atoms with E-state index in [1.54, 1.807) is 22.8 Å². The fourth-order valence-corrected chi connectivity index (χ4v) is 2.84. The number of hydrogen-bond donors (Lipinski definition) is 0. The molecule has 1 aromatic heterocycles. The lowest BCUT2D eigenvalue weighted by Gasteiger charge is -2.25. The third-order valence-electron chi connectivity index (χ3n) is 4.73. The van der Waals surface area contributed by atoms with E-state index in [9.17, 15) is 9.59 Å². The molecule has 0 saturated carbocycles. The predicted octanol–water partition coefficient (Wildman–Crippen LogP) is 3.10. The van der Waals surface area contributed by atoms with E-state index in [1.165, 1.54) is 12.2 Å². The zero-order chi connectivity index (χ0) is 21.3. The van der Waals surface area contributed by atoms with E-state index in [-0.39, 0.29) is 18.6 Å². The quantitative estimate of drug-likeness (QED) is 0.426. The Labute approximate surface area is 175 Å². The molecule has 0 aliphatic heterocycles. The number of nitrogens with zero attached hydrogens (tertiary/aromatic N) is 4. The van der Waals surface area contributed by atoms with Gasteiger partial charge in [-0.15, -0.1) is 5.10 Å². The predicted molar refractivity (Wildman–Crippen MR) is 113 cm³/mol. The smallest absolute Gasteiger partial charge is 0.331 e. The number of rotatable bonds is 8. The standard InChI is InChI=1S/C23H24N4O3/c1-18(20-11-7-4-8-12-20)26(2)22(28)17-30-23(29)14-13-21-16-27(25-24-21)15-19-9-5-3-6-10-19/h3-14,16,18H,15,17H2,1-2H3/b14-13+/t18-/m0/s1. The summed E-state index contributed by atoms with van der Waals surface area (Å²) in [6.07, 6.45) is 4.49. The summed E-state index contributed by atoms with van der Waals surface area (Å²) in [5.74, 6) is -0.886. The van der Waals surface area contributed by atoms with Crippen molar-refractivity contribution in [2.75, 3.05) is 13.7 Å². The molecular formula is C23H24N4O3. The number of carbonyl (C=O) groups is 2. The number of esters is 1. The maximum atomic E-state index is 12.3. The molecule has 7 nitrogen and oxygen atoms in total. The summed E-state index contributed by atoms with van der Waals surface area (Å²) in [6, 6.07) is 19.4. The minimum Gasteiger partial charge on any atom is -0.452 e. The van der Waals surface area contributed by atoms with Gasteiger partial charge in [0.1, 0.15) is 5.69 Å². The maximum Gasteiger partial charge on any atom is 0.331 e. The van der Waals surface area contributed by atoms with Crippen LogP contribution in [0.1, 0.15) is 29.8 Å². The highest BCUT2D eigenvalue weighted by molar-refractivity contribution is 5.89. The minimum atomic E-state index is -0.610. The second-order valence-electron chi connectivity index (χ2n) is 6.86. The van der Waals surface area contributed by atoms with Crippen molar-refractivity contribution in [1.29, 1.82) is 0 Å². The van der Waals surface area contributed by atoms with E-state index >= 15 is 0 Å². The van der Waals surface area contributed by atoms with Crippen molar-refractivity contribution in [1.82, 2.24) is 19.9 Å². The number of carbonyl (C=O) groups excluding carboxylic acids is 2. The van der Waals surface area contributed by atoms with E-state index in [2.05, 4.69) is 10.3 Å². The normalized spacial score (nSPS) is 11.9. The lowest BCUT2D eigenvalue weighted by atomic mass is 10.1. The van der Waals surface area contributed by atoms with Crippen LogP contribution in [0.25, 0.3) is 6.08 Å². The lowest BCUT2D eigenvalue weighted by molar-refractivity contribution is -0.148. The molecule has 1 heterocycles. The first kappa shape index (κ1) is 21.0. The van der Waals surface area contributed by atoms with E-state index in [1.807, 2.05) is 67.6 Å². The van der Waals surface area contributed by atoms with Gasteiger partial charge in [0.15, 0.2) is 6.61 Å². The van der Waals surface area contributed by atoms with Crippen LogP contribution in [0.15, 0.2) is 72.9 Å². The van der Waals surface area contributed by atoms with Crippen LogP contribution in [0, 0.1) is 0 Å². The van der Waals surface area contributed by atoms with Gasteiger partial charge in [0, 0.05) is 13.1 Å². The zero-order valence-electron chi connectivity index (χ0n) is 17.0. The topological polar surface area (TPSA) is 77.3 Å². The number of ether oxygens (including phenoxy) is 1. The first-order valence-corrected chi connectivity index (χ1v) is 9.62. The average Bonchev–Trinajstić information content (AvgIpc) is 3.23. The largest absolute Gasteiger partial charge is 0.452 e. The molecule has 3 rings (SSSR count). The van der Waals surface area contributed by atoms with Crippen LogP contribution >= 0.6 is 0 Å². The summed E-state index contributed by atoms with van der Waals surface area (Å²) >= 11 is 0. The van der Waals surface area contributed by atoms with Gasteiger partial charge in [-0.25, -0.2) is 9.48 Å². The fraction of sp³-hybridized carbons (Fsp3) is 0.217. The number of likely N-dealkylation sites (N-methyl/N-ethyl adjacent to an activating group) is 1. The van der Waals surface area contributed by atoms with Crippen LogP contribution in [0.5, 0.6) is 0 Å². The van der Waals surface area contributed by atoms with Crippen LogP contribution in [0.4, 0.5) is 0 Å². The molecule has 0 radical (unpaired) electrons. The maximum absolute atomic E-state index is 12.3. The molecule has 7 heteroatoms. The third kappa shape index (κ3) is 5.88. The number of hydrogen-bond acceptors (Lipinski definition) is 5. The highest BCUT2D eigenvalue weighted by atomic mass is 16.5. The van der Waals surface area contributed by atoms with Gasteiger partial charge in [-0.3, -0.25) is 4.79 Å². The zero-order valence-corrected chi connectivity index (χ0v) is 17.0. The van der Waals surface area contributed by atoms with E-state index in [0.29, 0.717) is 12.2 Å². The van der Waals surface area contributed by atoms with Crippen LogP contribution in [0.3, 0.4) is 0 Å². The molecule has 0 spiro atoms. The molecular weight excluding hydrogens is 380 g/mol. The first-order chi connectivity index (χ1) is 14.5. The highest BCUT2D eigenvalue weighted by Crippen LogP contribution is 2.18. The van der Waals surface area contributed by atoms with Gasteiger partial charge in [-0.1, -0.05) is 65.9 Å². The summed E-state index contributed by atoms with van der Waals surface area (Å²) in [5.41, 5.74) is 2.65. The van der Waals surface area contributed by atoms with Crippen LogP contribution < -0.4 is 0 Å². The van der Waals surface area contributed by atoms with Crippen molar-refractivity contribution >= 4 is 18.0 Å². The SMILES string of the molecule is C[C@@H](c1ccccc1)N(C)C(=O)COC(=O)/C=C/c1cn(Cc2ccccc2)nn1. The Bertz CT molecular complexity index is 1000. The highest BCUT2D eigenvalue weighted by Gasteiger charge is 2.18. The minimum absolute atomic E-state index is 0.118. The van der Waals surface area contributed by atoms with Gasteiger partial charge in [-0.05, 0) is 24.1 Å². The summed E-state index contributed by atoms with van der Waals surface area (Å²) in [4.78, 5) is 25.8. The van der Waals surface area contributed by atoms with Crippen molar-refractivity contribution in [3.63, 3.8) is 0 Å². The van der Waals surface area contributed by atoms with Gasteiger partial charge >= 0.3 is 5.97 Å². The fourth-order valence-electron chi connectivity index (χ4n) is 2.84. The van der Waals surface area contributed by atoms with Gasteiger partial charge in [-0.2, -0.15) is 0 Å². The Morgan fingerprint density at radius 2 is 1.77 bits per heavy atom. The summed E-state index contributed by atoms with van der Waals surface area (Å²) in [5, 5.41) is 8.05. The van der Waals surface area contributed by atoms with Gasteiger partial charge in [0.25, 0.3) is 5.91 Å². The average molecular weight is 404 g/mol. The van der Waals surface area contributed by atoms with E-state index in [4.69, 9.17) is 4.74 Å². The number of aromatic nitrogens is 3. The van der Waals surface area contributed by atoms with Crippen LogP contribution in [-0.4, -0.2) is 45.4 Å². The second kappa shape index (κ2) is 10.2. The Morgan fingerprint density at radius 3 is 2.47 bits per heavy atom.